The Morgan fingerprint density at radius 3 is 2.62 bits per heavy atom. The lowest BCUT2D eigenvalue weighted by atomic mass is 10.0. The second-order valence-electron chi connectivity index (χ2n) is 8.77. The van der Waals surface area contributed by atoms with Crippen LogP contribution in [0.3, 0.4) is 0 Å². The highest BCUT2D eigenvalue weighted by molar-refractivity contribution is 7.99. The predicted octanol–water partition coefficient (Wildman–Crippen LogP) is 5.82. The third-order valence-corrected chi connectivity index (χ3v) is 8.36. The van der Waals surface area contributed by atoms with E-state index in [4.69, 9.17) is 27.9 Å². The highest BCUT2D eigenvalue weighted by atomic mass is 35.5. The van der Waals surface area contributed by atoms with Gasteiger partial charge >= 0.3 is 0 Å². The van der Waals surface area contributed by atoms with Crippen molar-refractivity contribution in [3.8, 4) is 0 Å². The van der Waals surface area contributed by atoms with Crippen LogP contribution in [0.1, 0.15) is 43.2 Å². The third kappa shape index (κ3) is 5.63. The molecule has 2 aromatic carbocycles. The van der Waals surface area contributed by atoms with Crippen molar-refractivity contribution in [1.29, 1.82) is 0 Å². The van der Waals surface area contributed by atoms with Crippen molar-refractivity contribution >= 4 is 40.9 Å². The highest BCUT2D eigenvalue weighted by Gasteiger charge is 2.45. The van der Waals surface area contributed by atoms with E-state index in [0.29, 0.717) is 22.5 Å². The lowest BCUT2D eigenvalue weighted by Gasteiger charge is -2.26. The van der Waals surface area contributed by atoms with Gasteiger partial charge in [-0.1, -0.05) is 73.1 Å². The summed E-state index contributed by atoms with van der Waals surface area (Å²) in [4.78, 5) is 17.1. The molecule has 7 heteroatoms. The zero-order chi connectivity index (χ0) is 22.7. The number of amides is 1. The largest absolute Gasteiger partial charge is 0.379 e. The molecule has 0 bridgehead atoms. The van der Waals surface area contributed by atoms with Gasteiger partial charge in [0, 0.05) is 41.9 Å². The number of nitrogens with zero attached hydrogens (tertiary/aromatic N) is 1. The molecule has 172 valence electrons. The Labute approximate surface area is 205 Å². The van der Waals surface area contributed by atoms with Gasteiger partial charge in [-0.05, 0) is 41.5 Å². The maximum atomic E-state index is 12.6. The van der Waals surface area contributed by atoms with E-state index in [1.165, 1.54) is 10.5 Å². The number of carbonyl (C=O) groups excluding carboxylic acids is 1. The molecule has 0 spiro atoms. The number of morpholine rings is 1. The first kappa shape index (κ1) is 23.9. The summed E-state index contributed by atoms with van der Waals surface area (Å²) in [5.41, 5.74) is 2.27. The number of hydrogen-bond acceptors (Lipinski definition) is 4. The van der Waals surface area contributed by atoms with Gasteiger partial charge in [-0.15, -0.1) is 0 Å². The summed E-state index contributed by atoms with van der Waals surface area (Å²) in [6, 6.07) is 12.5. The van der Waals surface area contributed by atoms with Crippen LogP contribution < -0.4 is 5.32 Å². The number of hydrogen-bond donors (Lipinski definition) is 1. The average Bonchev–Trinajstić information content (AvgIpc) is 3.59. The zero-order valence-corrected chi connectivity index (χ0v) is 20.9. The fourth-order valence-corrected chi connectivity index (χ4v) is 5.98. The quantitative estimate of drug-likeness (QED) is 0.503. The first-order valence-corrected chi connectivity index (χ1v) is 12.9. The first-order chi connectivity index (χ1) is 15.5. The van der Waals surface area contributed by atoms with Crippen LogP contribution in [0.4, 0.5) is 0 Å². The normalized spacial score (nSPS) is 21.0. The lowest BCUT2D eigenvalue weighted by Crippen LogP contribution is -2.41. The maximum absolute atomic E-state index is 12.6. The van der Waals surface area contributed by atoms with Crippen LogP contribution >= 0.6 is 35.0 Å². The summed E-state index contributed by atoms with van der Waals surface area (Å²) < 4.78 is 5.36. The van der Waals surface area contributed by atoms with Crippen molar-refractivity contribution in [3.05, 3.63) is 57.6 Å². The molecule has 0 aromatic heterocycles. The van der Waals surface area contributed by atoms with Gasteiger partial charge in [0.25, 0.3) is 0 Å². The summed E-state index contributed by atoms with van der Waals surface area (Å²) >= 11 is 15.0. The monoisotopic (exact) mass is 492 g/mol. The smallest absolute Gasteiger partial charge is 0.223 e. The molecule has 2 aromatic rings. The molecule has 2 aliphatic rings. The summed E-state index contributed by atoms with van der Waals surface area (Å²) in [6.45, 7) is 9.32. The van der Waals surface area contributed by atoms with Crippen LogP contribution in [0.5, 0.6) is 0 Å². The molecular formula is C25H30Cl2N2O2S. The molecule has 1 aliphatic carbocycles. The molecule has 4 rings (SSSR count). The van der Waals surface area contributed by atoms with E-state index in [2.05, 4.69) is 42.3 Å². The minimum absolute atomic E-state index is 0.0200. The maximum Gasteiger partial charge on any atom is 0.223 e. The van der Waals surface area contributed by atoms with Crippen LogP contribution in [0.15, 0.2) is 46.2 Å². The molecule has 2 unspecified atom stereocenters. The lowest BCUT2D eigenvalue weighted by molar-refractivity contribution is -0.122. The first-order valence-electron chi connectivity index (χ1n) is 11.3. The Bertz CT molecular complexity index is 963. The second-order valence-corrected chi connectivity index (χ2v) is 10.6. The Morgan fingerprint density at radius 1 is 1.12 bits per heavy atom. The molecule has 32 heavy (non-hydrogen) atoms. The minimum atomic E-state index is -0.0200. The van der Waals surface area contributed by atoms with Gasteiger partial charge in [-0.3, -0.25) is 9.69 Å². The highest BCUT2D eigenvalue weighted by Crippen LogP contribution is 2.52. The molecule has 1 N–H and O–H groups in total. The number of carbonyl (C=O) groups is 1. The van der Waals surface area contributed by atoms with Crippen molar-refractivity contribution in [2.24, 2.45) is 5.92 Å². The Balaban J connectivity index is 1.36. The Morgan fingerprint density at radius 2 is 1.88 bits per heavy atom. The number of ether oxygens (including phenoxy) is 1. The van der Waals surface area contributed by atoms with E-state index < -0.39 is 0 Å². The fraction of sp³-hybridized carbons (Fsp3) is 0.480. The molecular weight excluding hydrogens is 463 g/mol. The van der Waals surface area contributed by atoms with Gasteiger partial charge in [0.2, 0.25) is 5.91 Å². The molecule has 1 saturated heterocycles. The third-order valence-electron chi connectivity index (χ3n) is 6.20. The van der Waals surface area contributed by atoms with E-state index in [9.17, 15) is 4.79 Å². The molecule has 2 atom stereocenters. The second kappa shape index (κ2) is 10.8. The van der Waals surface area contributed by atoms with Crippen molar-refractivity contribution in [2.75, 3.05) is 39.4 Å². The number of rotatable bonds is 8. The number of halogens is 2. The average molecular weight is 494 g/mol. The molecule has 1 aliphatic heterocycles. The minimum Gasteiger partial charge on any atom is -0.379 e. The predicted molar refractivity (Wildman–Crippen MR) is 132 cm³/mol. The molecule has 1 heterocycles. The molecule has 0 radical (unpaired) electrons. The van der Waals surface area contributed by atoms with E-state index in [1.54, 1.807) is 11.8 Å². The van der Waals surface area contributed by atoms with Crippen molar-refractivity contribution in [3.63, 3.8) is 0 Å². The van der Waals surface area contributed by atoms with Crippen molar-refractivity contribution < 1.29 is 9.53 Å². The Kier molecular flexibility index (Phi) is 8.06. The van der Waals surface area contributed by atoms with E-state index in [0.717, 1.165) is 49.7 Å². The van der Waals surface area contributed by atoms with Crippen LogP contribution in [-0.2, 0) is 9.53 Å². The standard InChI is InChI=1S/C25H30Cl2N2O2S/c1-16(2)17-5-3-4-6-21(17)32-22-8-7-18(23(26)24(22)27)19-15-20(19)25(30)28-9-10-29-11-13-31-14-12-29/h3-8,16,19-20H,9-15H2,1-2H3,(H,28,30). The summed E-state index contributed by atoms with van der Waals surface area (Å²) in [7, 11) is 0. The molecule has 2 fully saturated rings. The van der Waals surface area contributed by atoms with Gasteiger partial charge in [0.1, 0.15) is 0 Å². The van der Waals surface area contributed by atoms with Crippen LogP contribution in [0.2, 0.25) is 10.0 Å². The summed E-state index contributed by atoms with van der Waals surface area (Å²) in [5, 5.41) is 4.24. The van der Waals surface area contributed by atoms with E-state index in [1.807, 2.05) is 18.2 Å². The zero-order valence-electron chi connectivity index (χ0n) is 18.6. The van der Waals surface area contributed by atoms with Crippen molar-refractivity contribution in [1.82, 2.24) is 10.2 Å². The van der Waals surface area contributed by atoms with Crippen LogP contribution in [0.25, 0.3) is 0 Å². The molecule has 1 amide bonds. The SMILES string of the molecule is CC(C)c1ccccc1Sc1ccc(C2CC2C(=O)NCCN2CCOCC2)c(Cl)c1Cl. The van der Waals surface area contributed by atoms with Gasteiger partial charge in [0.05, 0.1) is 23.3 Å². The fourth-order valence-electron chi connectivity index (χ4n) is 4.20. The van der Waals surface area contributed by atoms with E-state index >= 15 is 0 Å². The van der Waals surface area contributed by atoms with Gasteiger partial charge < -0.3 is 10.1 Å². The van der Waals surface area contributed by atoms with Gasteiger partial charge in [-0.25, -0.2) is 0 Å². The van der Waals surface area contributed by atoms with E-state index in [-0.39, 0.29) is 17.7 Å². The molecule has 4 nitrogen and oxygen atoms in total. The van der Waals surface area contributed by atoms with Crippen molar-refractivity contribution in [2.45, 2.75) is 41.9 Å². The number of benzene rings is 2. The Hall–Kier alpha value is -1.24. The summed E-state index contributed by atoms with van der Waals surface area (Å²) in [5.74, 6) is 0.666. The topological polar surface area (TPSA) is 41.6 Å². The number of nitrogens with one attached hydrogen (secondary N) is 1. The summed E-state index contributed by atoms with van der Waals surface area (Å²) in [6.07, 6.45) is 0.822. The van der Waals surface area contributed by atoms with Crippen LogP contribution in [-0.4, -0.2) is 50.2 Å². The van der Waals surface area contributed by atoms with Crippen LogP contribution in [0, 0.1) is 5.92 Å². The van der Waals surface area contributed by atoms with Gasteiger partial charge in [0.15, 0.2) is 0 Å². The molecule has 1 saturated carbocycles. The van der Waals surface area contributed by atoms with Gasteiger partial charge in [-0.2, -0.15) is 0 Å².